The molecule has 1 fully saturated rings. The van der Waals surface area contributed by atoms with Gasteiger partial charge in [0.1, 0.15) is 5.75 Å². The lowest BCUT2D eigenvalue weighted by molar-refractivity contribution is -0.160. The Morgan fingerprint density at radius 2 is 1.62 bits per heavy atom. The quantitative estimate of drug-likeness (QED) is 0.620. The number of hydrogen-bond donors (Lipinski definition) is 1. The first-order valence-corrected chi connectivity index (χ1v) is 11.6. The Morgan fingerprint density at radius 3 is 2.41 bits per heavy atom. The van der Waals surface area contributed by atoms with E-state index in [0.717, 1.165) is 38.2 Å². The van der Waals surface area contributed by atoms with Crippen LogP contribution in [0.15, 0.2) is 84.9 Å². The zero-order chi connectivity index (χ0) is 21.5. The van der Waals surface area contributed by atoms with Gasteiger partial charge in [0, 0.05) is 38.0 Å². The van der Waals surface area contributed by atoms with Crippen molar-refractivity contribution in [1.29, 1.82) is 0 Å². The summed E-state index contributed by atoms with van der Waals surface area (Å²) in [6.07, 6.45) is 4.30. The second-order valence-electron chi connectivity index (χ2n) is 9.22. The molecule has 1 unspecified atom stereocenters. The highest BCUT2D eigenvalue weighted by Gasteiger charge is 2.51. The van der Waals surface area contributed by atoms with Gasteiger partial charge in [0.05, 0.1) is 11.7 Å². The summed E-state index contributed by atoms with van der Waals surface area (Å²) in [4.78, 5) is 2.55. The lowest BCUT2D eigenvalue weighted by Gasteiger charge is -2.51. The lowest BCUT2D eigenvalue weighted by Crippen LogP contribution is -2.63. The fraction of sp³-hybridized carbons (Fsp3) is 0.286. The number of nitrogens with zero attached hydrogens (tertiary/aromatic N) is 2. The Labute approximate surface area is 190 Å². The molecule has 3 aliphatic rings. The van der Waals surface area contributed by atoms with Crippen LogP contribution in [0.2, 0.25) is 0 Å². The average molecular weight is 424 g/mol. The van der Waals surface area contributed by atoms with Gasteiger partial charge in [0.2, 0.25) is 0 Å². The van der Waals surface area contributed by atoms with E-state index in [2.05, 4.69) is 107 Å². The molecular weight excluding hydrogens is 394 g/mol. The first-order chi connectivity index (χ1) is 15.7. The van der Waals surface area contributed by atoms with Gasteiger partial charge >= 0.3 is 0 Å². The van der Waals surface area contributed by atoms with E-state index in [1.54, 1.807) is 0 Å². The predicted octanol–water partition coefficient (Wildman–Crippen LogP) is 5.28. The number of rotatable bonds is 3. The molecule has 1 spiro atoms. The largest absolute Gasteiger partial charge is 0.470 e. The second kappa shape index (κ2) is 7.80. The van der Waals surface area contributed by atoms with Crippen LogP contribution in [-0.2, 0) is 6.54 Å². The first-order valence-electron chi connectivity index (χ1n) is 11.6. The summed E-state index contributed by atoms with van der Waals surface area (Å²) < 4.78 is 6.78. The van der Waals surface area contributed by atoms with Crippen LogP contribution in [0.3, 0.4) is 0 Å². The third-order valence-corrected chi connectivity index (χ3v) is 7.07. The van der Waals surface area contributed by atoms with Gasteiger partial charge in [-0.15, -0.1) is 0 Å². The Morgan fingerprint density at radius 1 is 0.906 bits per heavy atom. The molecule has 4 nitrogen and oxygen atoms in total. The van der Waals surface area contributed by atoms with Crippen molar-refractivity contribution < 1.29 is 4.74 Å². The summed E-state index contributed by atoms with van der Waals surface area (Å²) in [5, 5.41) is 2.38. The number of para-hydroxylation sites is 1. The first kappa shape index (κ1) is 19.6. The zero-order valence-electron chi connectivity index (χ0n) is 18.5. The normalized spacial score (nSPS) is 21.9. The molecule has 0 amide bonds. The Balaban J connectivity index is 1.28. The maximum absolute atomic E-state index is 6.78. The number of likely N-dealkylation sites (tertiary alicyclic amines) is 1. The molecule has 3 aliphatic heterocycles. The average Bonchev–Trinajstić information content (AvgIpc) is 3.29. The van der Waals surface area contributed by atoms with Crippen LogP contribution >= 0.6 is 0 Å². The SMILES string of the molecule is Cc1ccc(C2=CC3c4ccccc4OC4(CCN(Cc5ccccc5)CC4)N3N2)cc1. The van der Waals surface area contributed by atoms with E-state index in [-0.39, 0.29) is 11.8 Å². The molecule has 3 aromatic rings. The third-order valence-electron chi connectivity index (χ3n) is 7.07. The predicted molar refractivity (Wildman–Crippen MR) is 128 cm³/mol. The van der Waals surface area contributed by atoms with Crippen LogP contribution in [0, 0.1) is 6.92 Å². The van der Waals surface area contributed by atoms with E-state index in [1.165, 1.54) is 28.0 Å². The van der Waals surface area contributed by atoms with Crippen molar-refractivity contribution in [2.24, 2.45) is 0 Å². The molecule has 1 N–H and O–H groups in total. The molecule has 3 heterocycles. The van der Waals surface area contributed by atoms with Gasteiger partial charge in [0.15, 0.2) is 5.72 Å². The van der Waals surface area contributed by atoms with Crippen molar-refractivity contribution in [3.8, 4) is 5.75 Å². The number of fused-ring (bicyclic) bond motifs is 4. The molecule has 0 aliphatic carbocycles. The van der Waals surface area contributed by atoms with Crippen LogP contribution in [0.4, 0.5) is 0 Å². The number of hydrogen-bond acceptors (Lipinski definition) is 4. The smallest absolute Gasteiger partial charge is 0.182 e. The van der Waals surface area contributed by atoms with Gasteiger partial charge in [-0.05, 0) is 30.2 Å². The maximum Gasteiger partial charge on any atom is 0.182 e. The summed E-state index contributed by atoms with van der Waals surface area (Å²) in [5.74, 6) is 1.02. The van der Waals surface area contributed by atoms with E-state index in [9.17, 15) is 0 Å². The molecule has 32 heavy (non-hydrogen) atoms. The van der Waals surface area contributed by atoms with Crippen molar-refractivity contribution in [1.82, 2.24) is 15.3 Å². The maximum atomic E-state index is 6.78. The summed E-state index contributed by atoms with van der Waals surface area (Å²) in [5.41, 5.74) is 9.69. The summed E-state index contributed by atoms with van der Waals surface area (Å²) in [6.45, 7) is 5.16. The third kappa shape index (κ3) is 3.40. The molecule has 1 atom stereocenters. The molecule has 0 saturated carbocycles. The molecule has 162 valence electrons. The van der Waals surface area contributed by atoms with Crippen molar-refractivity contribution in [2.45, 2.75) is 38.1 Å². The molecule has 6 rings (SSSR count). The van der Waals surface area contributed by atoms with Gasteiger partial charge < -0.3 is 10.2 Å². The summed E-state index contributed by atoms with van der Waals surface area (Å²) in [6, 6.07) is 28.2. The molecule has 4 heteroatoms. The Hall–Kier alpha value is -3.08. The highest BCUT2D eigenvalue weighted by molar-refractivity contribution is 5.67. The van der Waals surface area contributed by atoms with Gasteiger partial charge in [-0.2, -0.15) is 5.01 Å². The highest BCUT2D eigenvalue weighted by Crippen LogP contribution is 2.48. The van der Waals surface area contributed by atoms with E-state index in [0.29, 0.717) is 0 Å². The van der Waals surface area contributed by atoms with Gasteiger partial charge in [-0.3, -0.25) is 4.90 Å². The minimum absolute atomic E-state index is 0.178. The van der Waals surface area contributed by atoms with E-state index >= 15 is 0 Å². The minimum Gasteiger partial charge on any atom is -0.470 e. The van der Waals surface area contributed by atoms with Crippen molar-refractivity contribution >= 4 is 5.70 Å². The summed E-state index contributed by atoms with van der Waals surface area (Å²) >= 11 is 0. The molecule has 0 radical (unpaired) electrons. The van der Waals surface area contributed by atoms with Crippen LogP contribution in [-0.4, -0.2) is 28.7 Å². The minimum atomic E-state index is -0.338. The lowest BCUT2D eigenvalue weighted by atomic mass is 9.92. The fourth-order valence-electron chi connectivity index (χ4n) is 5.26. The molecule has 3 aromatic carbocycles. The number of benzene rings is 3. The summed E-state index contributed by atoms with van der Waals surface area (Å²) in [7, 11) is 0. The van der Waals surface area contributed by atoms with Gasteiger partial charge in [-0.25, -0.2) is 0 Å². The number of nitrogens with one attached hydrogen (secondary N) is 1. The van der Waals surface area contributed by atoms with Crippen molar-refractivity contribution in [3.05, 3.63) is 107 Å². The fourth-order valence-corrected chi connectivity index (χ4v) is 5.26. The molecule has 1 saturated heterocycles. The van der Waals surface area contributed by atoms with Crippen molar-refractivity contribution in [3.63, 3.8) is 0 Å². The molecule has 0 aromatic heterocycles. The highest BCUT2D eigenvalue weighted by atomic mass is 16.5. The second-order valence-corrected chi connectivity index (χ2v) is 9.22. The van der Waals surface area contributed by atoms with Crippen molar-refractivity contribution in [2.75, 3.05) is 13.1 Å². The van der Waals surface area contributed by atoms with Crippen LogP contribution in [0.1, 0.15) is 41.1 Å². The number of hydrazine groups is 1. The standard InChI is InChI=1S/C28H29N3O/c1-21-11-13-23(14-12-21)25-19-26-24-9-5-6-10-27(24)32-28(31(26)29-25)15-17-30(18-16-28)20-22-7-3-2-4-8-22/h2-14,19,26,29H,15-18,20H2,1H3. The number of aryl methyl sites for hydroxylation is 1. The van der Waals surface area contributed by atoms with E-state index in [4.69, 9.17) is 4.74 Å². The molecular formula is C28H29N3O. The van der Waals surface area contributed by atoms with E-state index in [1.807, 2.05) is 0 Å². The zero-order valence-corrected chi connectivity index (χ0v) is 18.5. The van der Waals surface area contributed by atoms with Crippen LogP contribution in [0.5, 0.6) is 5.75 Å². The van der Waals surface area contributed by atoms with Crippen LogP contribution in [0.25, 0.3) is 5.70 Å². The Bertz CT molecular complexity index is 1130. The number of ether oxygens (including phenoxy) is 1. The van der Waals surface area contributed by atoms with E-state index < -0.39 is 0 Å². The van der Waals surface area contributed by atoms with Gasteiger partial charge in [0.25, 0.3) is 0 Å². The van der Waals surface area contributed by atoms with Crippen LogP contribution < -0.4 is 10.2 Å². The Kier molecular flexibility index (Phi) is 4.78. The van der Waals surface area contributed by atoms with Gasteiger partial charge in [-0.1, -0.05) is 78.4 Å². The topological polar surface area (TPSA) is 27.7 Å². The monoisotopic (exact) mass is 423 g/mol. The molecule has 0 bridgehead atoms. The number of piperidine rings is 1.